The first-order valence-corrected chi connectivity index (χ1v) is 34.5. The van der Waals surface area contributed by atoms with E-state index in [-0.39, 0.29) is 35.9 Å². The molecule has 0 spiro atoms. The minimum atomic E-state index is -0.520. The number of methoxy groups -OCH3 is 1. The molecule has 9 aromatic rings. The molecule has 12 rings (SSSR count). The standard InChI is InChI=1S/C26H27BrN4O3.C25H28N6O2.C25H27N5O3/c1-4-34-24(33)13-18-9-11-30(12-10-18)16-23(32)25-17(2)31(21-7-5-20(28-3)6-8-21)22-14-19(27)15-29-26(22)25;1-17-23(22(32)16-30-11-5-4-6-12-30)24-21(13-18(14-28-24)15-29-25(33)27-3)31(17)20-9-7-19(26-2)8-10-20;1-17-23(22(31)16-29-11-5-4-6-12-29)24-21(13-18(14-27-24)15-28-25(32)33-3)30(17)20-9-7-19(26-2)8-10-20/h5-8,14-15,18H,4,9-13,16H2,1-2H3;7-10,13-14H,4-6,11-12,15-16H2,1,3H3,(H2,27,29,33);7-10,13-14H,4-6,11-12,15-16H2,1,3H3,(H,28,32). The summed E-state index contributed by atoms with van der Waals surface area (Å²) in [5.74, 6) is 0.342. The summed E-state index contributed by atoms with van der Waals surface area (Å²) in [7, 11) is 2.89. The first kappa shape index (κ1) is 72.3. The molecule has 3 amide bonds. The van der Waals surface area contributed by atoms with Gasteiger partial charge in [-0.1, -0.05) is 49.2 Å². The number of carbonyl (C=O) groups is 6. The predicted molar refractivity (Wildman–Crippen MR) is 388 cm³/mol. The van der Waals surface area contributed by atoms with E-state index < -0.39 is 6.09 Å². The number of benzene rings is 3. The van der Waals surface area contributed by atoms with E-state index in [1.54, 1.807) is 62.0 Å². The molecule has 0 atom stereocenters. The molecule has 0 radical (unpaired) electrons. The lowest BCUT2D eigenvalue weighted by molar-refractivity contribution is -0.144. The summed E-state index contributed by atoms with van der Waals surface area (Å²) in [6, 6.07) is 27.5. The van der Waals surface area contributed by atoms with Crippen LogP contribution in [0.5, 0.6) is 0 Å². The van der Waals surface area contributed by atoms with E-state index in [1.807, 2.05) is 96.0 Å². The Bertz CT molecular complexity index is 4420. The van der Waals surface area contributed by atoms with Crippen LogP contribution in [-0.2, 0) is 27.4 Å². The third-order valence-electron chi connectivity index (χ3n) is 18.5. The number of piperidine rings is 3. The van der Waals surface area contributed by atoms with Crippen molar-refractivity contribution in [2.24, 2.45) is 5.92 Å². The summed E-state index contributed by atoms with van der Waals surface area (Å²) in [5.41, 5.74) is 14.7. The lowest BCUT2D eigenvalue weighted by Crippen LogP contribution is -2.38. The van der Waals surface area contributed by atoms with Gasteiger partial charge in [0.2, 0.25) is 0 Å². The Labute approximate surface area is 590 Å². The molecule has 0 bridgehead atoms. The number of halogens is 1. The number of ketones is 3. The van der Waals surface area contributed by atoms with Crippen LogP contribution in [0.3, 0.4) is 0 Å². The average molecular weight is 1410 g/mol. The molecule has 3 aromatic carbocycles. The van der Waals surface area contributed by atoms with Crippen molar-refractivity contribution in [3.8, 4) is 17.1 Å². The van der Waals surface area contributed by atoms with Crippen molar-refractivity contribution in [1.29, 1.82) is 0 Å². The number of esters is 1. The lowest BCUT2D eigenvalue weighted by Gasteiger charge is -2.31. The zero-order valence-corrected chi connectivity index (χ0v) is 58.9. The van der Waals surface area contributed by atoms with Crippen LogP contribution in [0, 0.1) is 46.4 Å². The number of aromatic nitrogens is 6. The second-order valence-electron chi connectivity index (χ2n) is 25.2. The second-order valence-corrected chi connectivity index (χ2v) is 26.1. The number of hydrogen-bond acceptors (Lipinski definition) is 14. The lowest BCUT2D eigenvalue weighted by atomic mass is 9.93. The van der Waals surface area contributed by atoms with Gasteiger partial charge in [0, 0.05) is 83.8 Å². The number of ether oxygens (including phenoxy) is 2. The van der Waals surface area contributed by atoms with E-state index in [0.717, 1.165) is 144 Å². The number of urea groups is 1. The van der Waals surface area contributed by atoms with E-state index in [0.29, 0.717) is 95.4 Å². The minimum Gasteiger partial charge on any atom is -0.466 e. The zero-order chi connectivity index (χ0) is 71.0. The molecule has 24 heteroatoms. The van der Waals surface area contributed by atoms with Gasteiger partial charge in [0.1, 0.15) is 0 Å². The highest BCUT2D eigenvalue weighted by molar-refractivity contribution is 9.10. The van der Waals surface area contributed by atoms with E-state index in [9.17, 15) is 28.8 Å². The number of amides is 3. The van der Waals surface area contributed by atoms with Gasteiger partial charge in [-0.3, -0.25) is 48.8 Å². The van der Waals surface area contributed by atoms with Crippen molar-refractivity contribution in [2.45, 2.75) is 98.6 Å². The first-order valence-electron chi connectivity index (χ1n) is 33.7. The molecular weight excluding hydrogens is 1330 g/mol. The van der Waals surface area contributed by atoms with Crippen LogP contribution in [0.4, 0.5) is 26.7 Å². The molecule has 0 unspecified atom stereocenters. The normalized spacial score (nSPS) is 14.3. The van der Waals surface area contributed by atoms with E-state index >= 15 is 0 Å². The number of carbonyl (C=O) groups excluding carboxylic acids is 6. The van der Waals surface area contributed by atoms with Crippen LogP contribution in [0.25, 0.3) is 64.7 Å². The molecule has 9 heterocycles. The number of Topliss-reactive ketones (excluding diaryl/α,β-unsaturated/α-hetero) is 3. The molecule has 3 fully saturated rings. The van der Waals surface area contributed by atoms with Gasteiger partial charge in [-0.15, -0.1) is 0 Å². The Hall–Kier alpha value is -10.4. The van der Waals surface area contributed by atoms with Gasteiger partial charge in [0.15, 0.2) is 34.4 Å². The van der Waals surface area contributed by atoms with Crippen LogP contribution in [0.1, 0.15) is 124 Å². The fourth-order valence-electron chi connectivity index (χ4n) is 13.5. The molecule has 3 aliphatic rings. The van der Waals surface area contributed by atoms with Gasteiger partial charge in [-0.2, -0.15) is 0 Å². The molecule has 0 aliphatic carbocycles. The summed E-state index contributed by atoms with van der Waals surface area (Å²) in [6.45, 7) is 36.7. The van der Waals surface area contributed by atoms with Crippen LogP contribution < -0.4 is 16.0 Å². The third-order valence-corrected chi connectivity index (χ3v) is 19.0. The van der Waals surface area contributed by atoms with Crippen molar-refractivity contribution in [2.75, 3.05) is 79.7 Å². The van der Waals surface area contributed by atoms with Gasteiger partial charge in [-0.25, -0.2) is 24.1 Å². The molecule has 0 saturated carbocycles. The van der Waals surface area contributed by atoms with Crippen LogP contribution >= 0.6 is 15.9 Å². The molecule has 516 valence electrons. The summed E-state index contributed by atoms with van der Waals surface area (Å²) in [5, 5.41) is 7.99. The molecule has 100 heavy (non-hydrogen) atoms. The number of pyridine rings is 3. The Morgan fingerprint density at radius 3 is 1.27 bits per heavy atom. The zero-order valence-electron chi connectivity index (χ0n) is 57.3. The predicted octanol–water partition coefficient (Wildman–Crippen LogP) is 13.9. The number of hydrogen-bond donors (Lipinski definition) is 3. The highest BCUT2D eigenvalue weighted by atomic mass is 79.9. The SMILES string of the molecule is [C-]#[N+]c1ccc(-n2c(C)c(C(=O)CN3CCC(CC(=O)OCC)CC3)c3ncc(Br)cc32)cc1.[C-]#[N+]c1ccc(-n2c(C)c(C(=O)CN3CCCCC3)c3ncc(CNC(=O)NC)cc32)cc1.[C-]#[N+]c1ccc(-n2c(C)c(C(=O)CN3CCCCC3)c3ncc(CNC(=O)OC)cc32)cc1. The maximum absolute atomic E-state index is 13.5. The quantitative estimate of drug-likeness (QED) is 0.0388. The highest BCUT2D eigenvalue weighted by Crippen LogP contribution is 2.35. The van der Waals surface area contributed by atoms with Crippen LogP contribution in [0.2, 0.25) is 0 Å². The topological polar surface area (TPSA) is 233 Å². The van der Waals surface area contributed by atoms with Crippen LogP contribution in [-0.4, -0.2) is 158 Å². The van der Waals surface area contributed by atoms with Gasteiger partial charge >= 0.3 is 18.1 Å². The van der Waals surface area contributed by atoms with E-state index in [2.05, 4.69) is 80.8 Å². The van der Waals surface area contributed by atoms with Gasteiger partial charge in [-0.05, 0) is 193 Å². The van der Waals surface area contributed by atoms with Crippen molar-refractivity contribution >= 4 is 102 Å². The molecule has 6 aromatic heterocycles. The molecular formula is C76H82BrN15O8. The van der Waals surface area contributed by atoms with Crippen molar-refractivity contribution in [3.05, 3.63) is 193 Å². The number of likely N-dealkylation sites (tertiary alicyclic amines) is 3. The monoisotopic (exact) mass is 1410 g/mol. The largest absolute Gasteiger partial charge is 0.466 e. The minimum absolute atomic E-state index is 0.0395. The number of nitrogens with one attached hydrogen (secondary N) is 3. The molecule has 3 saturated heterocycles. The number of rotatable bonds is 19. The van der Waals surface area contributed by atoms with Gasteiger partial charge in [0.25, 0.3) is 0 Å². The fraction of sp³-hybridized carbons (Fsp3) is 0.368. The van der Waals surface area contributed by atoms with Crippen molar-refractivity contribution in [3.63, 3.8) is 0 Å². The Kier molecular flexibility index (Phi) is 24.5. The summed E-state index contributed by atoms with van der Waals surface area (Å²) >= 11 is 3.50. The van der Waals surface area contributed by atoms with Gasteiger partial charge < -0.3 is 39.1 Å². The third kappa shape index (κ3) is 17.2. The number of nitrogens with zero attached hydrogens (tertiary/aromatic N) is 12. The molecule has 23 nitrogen and oxygen atoms in total. The maximum atomic E-state index is 13.5. The first-order chi connectivity index (χ1) is 48.4. The van der Waals surface area contributed by atoms with E-state index in [1.165, 1.54) is 20.0 Å². The smallest absolute Gasteiger partial charge is 0.407 e. The Morgan fingerprint density at radius 1 is 0.530 bits per heavy atom. The number of alkyl carbamates (subject to hydrolysis) is 1. The van der Waals surface area contributed by atoms with Crippen LogP contribution in [0.15, 0.2) is 114 Å². The Balaban J connectivity index is 0.000000162. The van der Waals surface area contributed by atoms with E-state index in [4.69, 9.17) is 24.5 Å². The van der Waals surface area contributed by atoms with Gasteiger partial charge in [0.05, 0.1) is 103 Å². The van der Waals surface area contributed by atoms with Crippen molar-refractivity contribution in [1.82, 2.24) is 59.3 Å². The van der Waals surface area contributed by atoms with Crippen molar-refractivity contribution < 1.29 is 38.2 Å². The molecule has 3 N–H and O–H groups in total. The summed E-state index contributed by atoms with van der Waals surface area (Å²) < 4.78 is 16.6. The average Bonchev–Trinajstić information content (AvgIpc) is 1.62. The maximum Gasteiger partial charge on any atom is 0.407 e. The Morgan fingerprint density at radius 2 is 0.900 bits per heavy atom. The number of fused-ring (bicyclic) bond motifs is 3. The second kappa shape index (κ2) is 33.9. The summed E-state index contributed by atoms with van der Waals surface area (Å²) in [6.07, 6.45) is 13.7. The summed E-state index contributed by atoms with van der Waals surface area (Å²) in [4.78, 5) is 106. The fourth-order valence-corrected chi connectivity index (χ4v) is 13.8. The molecule has 3 aliphatic heterocycles. The highest BCUT2D eigenvalue weighted by Gasteiger charge is 2.30.